The van der Waals surface area contributed by atoms with Crippen LogP contribution in [0.2, 0.25) is 0 Å². The number of fused-ring (bicyclic) bond motifs is 1. The van der Waals surface area contributed by atoms with Crippen LogP contribution in [0, 0.1) is 6.92 Å². The first-order chi connectivity index (χ1) is 10.1. The number of nitrogens with one attached hydrogen (secondary N) is 1. The van der Waals surface area contributed by atoms with Crippen molar-refractivity contribution in [2.24, 2.45) is 5.73 Å². The number of aromatic amines is 1. The van der Waals surface area contributed by atoms with E-state index in [1.807, 2.05) is 6.92 Å². The molecule has 0 radical (unpaired) electrons. The molecule has 3 nitrogen and oxygen atoms in total. The van der Waals surface area contributed by atoms with Crippen molar-refractivity contribution in [1.29, 1.82) is 0 Å². The number of H-pyrrole nitrogens is 1. The van der Waals surface area contributed by atoms with Crippen molar-refractivity contribution in [3.05, 3.63) is 53.6 Å². The minimum atomic E-state index is 0.157. The van der Waals surface area contributed by atoms with Crippen LogP contribution in [-0.4, -0.2) is 16.0 Å². The Hall–Kier alpha value is -1.78. The lowest BCUT2D eigenvalue weighted by Crippen LogP contribution is -2.18. The van der Waals surface area contributed by atoms with E-state index in [9.17, 15) is 0 Å². The second kappa shape index (κ2) is 5.92. The first-order valence-corrected chi connectivity index (χ1v) is 7.91. The Morgan fingerprint density at radius 2 is 2.05 bits per heavy atom. The van der Waals surface area contributed by atoms with Gasteiger partial charge in [0.05, 0.1) is 11.0 Å². The molecule has 0 aliphatic heterocycles. The van der Waals surface area contributed by atoms with Gasteiger partial charge in [0.1, 0.15) is 0 Å². The third-order valence-corrected chi connectivity index (χ3v) is 4.34. The maximum absolute atomic E-state index is 5.93. The zero-order valence-corrected chi connectivity index (χ0v) is 13.1. The molecule has 0 aliphatic carbocycles. The van der Waals surface area contributed by atoms with Crippen LogP contribution in [0.15, 0.2) is 52.5 Å². The predicted octanol–water partition coefficient (Wildman–Crippen LogP) is 3.91. The van der Waals surface area contributed by atoms with Crippen LogP contribution in [0.1, 0.15) is 18.1 Å². The quantitative estimate of drug-likeness (QED) is 0.767. The number of benzene rings is 2. The number of nitrogens with zero attached hydrogens (tertiary/aromatic N) is 1. The number of rotatable bonds is 4. The number of hydrogen-bond donors (Lipinski definition) is 2. The first kappa shape index (κ1) is 14.2. The Bertz CT molecular complexity index is 762. The number of imidazole rings is 1. The fourth-order valence-corrected chi connectivity index (χ4v) is 3.31. The molecule has 4 heteroatoms. The van der Waals surface area contributed by atoms with Crippen molar-refractivity contribution >= 4 is 22.8 Å². The SMILES string of the molecule is Cc1ccc2nc(Sc3ccccc3CC(C)N)[nH]c2c1. The molecule has 1 aromatic heterocycles. The summed E-state index contributed by atoms with van der Waals surface area (Å²) in [5.41, 5.74) is 10.5. The lowest BCUT2D eigenvalue weighted by molar-refractivity contribution is 0.729. The molecule has 3 aromatic rings. The number of nitrogens with two attached hydrogens (primary N) is 1. The molecule has 3 N–H and O–H groups in total. The van der Waals surface area contributed by atoms with Crippen molar-refractivity contribution in [2.75, 3.05) is 0 Å². The van der Waals surface area contributed by atoms with Crippen molar-refractivity contribution in [3.8, 4) is 0 Å². The lowest BCUT2D eigenvalue weighted by Gasteiger charge is -2.09. The molecule has 21 heavy (non-hydrogen) atoms. The summed E-state index contributed by atoms with van der Waals surface area (Å²) < 4.78 is 0. The molecular weight excluding hydrogens is 278 g/mol. The molecule has 0 bridgehead atoms. The van der Waals surface area contributed by atoms with E-state index < -0.39 is 0 Å². The maximum Gasteiger partial charge on any atom is 0.171 e. The molecule has 0 amide bonds. The van der Waals surface area contributed by atoms with Crippen LogP contribution in [0.5, 0.6) is 0 Å². The third-order valence-electron chi connectivity index (χ3n) is 3.34. The van der Waals surface area contributed by atoms with E-state index in [-0.39, 0.29) is 6.04 Å². The second-order valence-electron chi connectivity index (χ2n) is 5.45. The van der Waals surface area contributed by atoms with Crippen molar-refractivity contribution < 1.29 is 0 Å². The van der Waals surface area contributed by atoms with Crippen molar-refractivity contribution in [1.82, 2.24) is 9.97 Å². The van der Waals surface area contributed by atoms with E-state index in [1.165, 1.54) is 16.0 Å². The molecule has 3 rings (SSSR count). The second-order valence-corrected chi connectivity index (χ2v) is 6.48. The van der Waals surface area contributed by atoms with Crippen LogP contribution in [0.3, 0.4) is 0 Å². The molecular formula is C17H19N3S. The summed E-state index contributed by atoms with van der Waals surface area (Å²) >= 11 is 1.67. The first-order valence-electron chi connectivity index (χ1n) is 7.09. The molecule has 0 fully saturated rings. The number of aryl methyl sites for hydroxylation is 1. The van der Waals surface area contributed by atoms with Crippen LogP contribution in [-0.2, 0) is 6.42 Å². The van der Waals surface area contributed by atoms with Gasteiger partial charge in [0, 0.05) is 10.9 Å². The van der Waals surface area contributed by atoms with Gasteiger partial charge in [-0.2, -0.15) is 0 Å². The highest BCUT2D eigenvalue weighted by Gasteiger charge is 2.09. The molecule has 1 heterocycles. The van der Waals surface area contributed by atoms with Crippen molar-refractivity contribution in [3.63, 3.8) is 0 Å². The van der Waals surface area contributed by atoms with Gasteiger partial charge in [0.2, 0.25) is 0 Å². The fourth-order valence-electron chi connectivity index (χ4n) is 2.37. The Balaban J connectivity index is 1.91. The monoisotopic (exact) mass is 297 g/mol. The van der Waals surface area contributed by atoms with Gasteiger partial charge in [-0.15, -0.1) is 0 Å². The predicted molar refractivity (Wildman–Crippen MR) is 88.7 cm³/mol. The van der Waals surface area contributed by atoms with Crippen molar-refractivity contribution in [2.45, 2.75) is 36.4 Å². The third kappa shape index (κ3) is 3.28. The standard InChI is InChI=1S/C17H19N3S/c1-11-7-8-14-15(9-11)20-17(19-14)21-16-6-4-3-5-13(16)10-12(2)18/h3-9,12H,10,18H2,1-2H3,(H,19,20). The van der Waals surface area contributed by atoms with E-state index >= 15 is 0 Å². The summed E-state index contributed by atoms with van der Waals surface area (Å²) in [6.07, 6.45) is 0.877. The van der Waals surface area contributed by atoms with Gasteiger partial charge in [-0.25, -0.2) is 4.98 Å². The molecule has 0 aliphatic rings. The topological polar surface area (TPSA) is 54.7 Å². The molecule has 0 saturated heterocycles. The summed E-state index contributed by atoms with van der Waals surface area (Å²) in [6.45, 7) is 4.12. The fraction of sp³-hybridized carbons (Fsp3) is 0.235. The maximum atomic E-state index is 5.93. The minimum absolute atomic E-state index is 0.157. The molecule has 1 unspecified atom stereocenters. The van der Waals surface area contributed by atoms with Gasteiger partial charge >= 0.3 is 0 Å². The lowest BCUT2D eigenvalue weighted by atomic mass is 10.1. The highest BCUT2D eigenvalue weighted by Crippen LogP contribution is 2.30. The number of aromatic nitrogens is 2. The van der Waals surface area contributed by atoms with E-state index in [1.54, 1.807) is 11.8 Å². The minimum Gasteiger partial charge on any atom is -0.333 e. The normalized spacial score (nSPS) is 12.7. The van der Waals surface area contributed by atoms with Gasteiger partial charge < -0.3 is 10.7 Å². The number of hydrogen-bond acceptors (Lipinski definition) is 3. The van der Waals surface area contributed by atoms with Gasteiger partial charge in [-0.3, -0.25) is 0 Å². The van der Waals surface area contributed by atoms with E-state index in [0.717, 1.165) is 22.6 Å². The van der Waals surface area contributed by atoms with Gasteiger partial charge in [0.15, 0.2) is 5.16 Å². The summed E-state index contributed by atoms with van der Waals surface area (Å²) in [7, 11) is 0. The Morgan fingerprint density at radius 1 is 1.24 bits per heavy atom. The summed E-state index contributed by atoms with van der Waals surface area (Å²) in [5, 5.41) is 0.924. The van der Waals surface area contributed by atoms with Crippen LogP contribution >= 0.6 is 11.8 Å². The van der Waals surface area contributed by atoms with E-state index in [2.05, 4.69) is 59.4 Å². The van der Waals surface area contributed by atoms with Crippen LogP contribution in [0.4, 0.5) is 0 Å². The average molecular weight is 297 g/mol. The smallest absolute Gasteiger partial charge is 0.171 e. The Labute approximate surface area is 129 Å². The molecule has 108 valence electrons. The zero-order valence-electron chi connectivity index (χ0n) is 12.3. The van der Waals surface area contributed by atoms with Gasteiger partial charge in [-0.1, -0.05) is 36.0 Å². The summed E-state index contributed by atoms with van der Waals surface area (Å²) in [6, 6.07) is 14.8. The Kier molecular flexibility index (Phi) is 3.99. The largest absolute Gasteiger partial charge is 0.333 e. The van der Waals surface area contributed by atoms with Crippen LogP contribution in [0.25, 0.3) is 11.0 Å². The average Bonchev–Trinajstić information content (AvgIpc) is 2.82. The molecule has 2 aromatic carbocycles. The van der Waals surface area contributed by atoms with Gasteiger partial charge in [-0.05, 0) is 49.6 Å². The summed E-state index contributed by atoms with van der Waals surface area (Å²) in [4.78, 5) is 9.25. The molecule has 0 spiro atoms. The highest BCUT2D eigenvalue weighted by molar-refractivity contribution is 7.99. The van der Waals surface area contributed by atoms with Gasteiger partial charge in [0.25, 0.3) is 0 Å². The van der Waals surface area contributed by atoms with E-state index in [4.69, 9.17) is 5.73 Å². The summed E-state index contributed by atoms with van der Waals surface area (Å²) in [5.74, 6) is 0. The van der Waals surface area contributed by atoms with E-state index in [0.29, 0.717) is 0 Å². The molecule has 0 saturated carbocycles. The Morgan fingerprint density at radius 3 is 2.86 bits per heavy atom. The molecule has 1 atom stereocenters. The van der Waals surface area contributed by atoms with Crippen LogP contribution < -0.4 is 5.73 Å². The zero-order chi connectivity index (χ0) is 14.8. The highest BCUT2D eigenvalue weighted by atomic mass is 32.2.